The van der Waals surface area contributed by atoms with Crippen LogP contribution >= 0.6 is 11.8 Å². The van der Waals surface area contributed by atoms with E-state index in [1.54, 1.807) is 12.1 Å². The summed E-state index contributed by atoms with van der Waals surface area (Å²) in [7, 11) is -3.53. The molecule has 1 N–H and O–H groups in total. The number of aromatic nitrogens is 1. The fourth-order valence-corrected chi connectivity index (χ4v) is 5.39. The molecule has 0 aliphatic carbocycles. The minimum absolute atomic E-state index is 0.0222. The molecule has 8 nitrogen and oxygen atoms in total. The quantitative estimate of drug-likeness (QED) is 0.572. The minimum atomic E-state index is -3.53. The van der Waals surface area contributed by atoms with Crippen molar-refractivity contribution in [3.63, 3.8) is 0 Å². The van der Waals surface area contributed by atoms with Gasteiger partial charge in [-0.15, -0.1) is 0 Å². The third-order valence-corrected chi connectivity index (χ3v) is 7.58. The van der Waals surface area contributed by atoms with Crippen LogP contribution in [0.1, 0.15) is 46.5 Å². The van der Waals surface area contributed by atoms with E-state index in [0.29, 0.717) is 24.7 Å². The molecule has 1 fully saturated rings. The van der Waals surface area contributed by atoms with Crippen molar-refractivity contribution in [2.45, 2.75) is 62.4 Å². The zero-order valence-corrected chi connectivity index (χ0v) is 19.6. The molecule has 1 aromatic rings. The van der Waals surface area contributed by atoms with Crippen LogP contribution in [0.25, 0.3) is 0 Å². The van der Waals surface area contributed by atoms with Gasteiger partial charge in [0.2, 0.25) is 21.8 Å². The van der Waals surface area contributed by atoms with Crippen molar-refractivity contribution in [2.24, 2.45) is 0 Å². The maximum absolute atomic E-state index is 12.8. The van der Waals surface area contributed by atoms with Crippen LogP contribution in [-0.2, 0) is 19.6 Å². The predicted molar refractivity (Wildman–Crippen MR) is 118 cm³/mol. The van der Waals surface area contributed by atoms with E-state index in [1.165, 1.54) is 27.2 Å². The third-order valence-electron chi connectivity index (χ3n) is 4.77. The first-order valence-corrected chi connectivity index (χ1v) is 12.8. The number of hydrogen-bond acceptors (Lipinski definition) is 6. The maximum atomic E-state index is 12.8. The molecule has 1 aliphatic rings. The van der Waals surface area contributed by atoms with Crippen LogP contribution in [0.15, 0.2) is 28.3 Å². The van der Waals surface area contributed by atoms with Crippen LogP contribution in [0.2, 0.25) is 0 Å². The summed E-state index contributed by atoms with van der Waals surface area (Å²) >= 11 is 1.23. The number of amides is 2. The fraction of sp³-hybridized carbons (Fsp3) is 0.650. The van der Waals surface area contributed by atoms with Crippen molar-refractivity contribution in [3.05, 3.63) is 18.3 Å². The second-order valence-electron chi connectivity index (χ2n) is 7.57. The molecule has 0 atom stereocenters. The molecule has 2 amide bonds. The first-order chi connectivity index (χ1) is 14.2. The number of nitrogens with one attached hydrogen (secondary N) is 1. The van der Waals surface area contributed by atoms with Crippen LogP contribution in [-0.4, -0.2) is 72.4 Å². The molecule has 0 spiro atoms. The van der Waals surface area contributed by atoms with Crippen LogP contribution < -0.4 is 5.32 Å². The number of sulfonamides is 1. The van der Waals surface area contributed by atoms with E-state index in [2.05, 4.69) is 10.3 Å². The molecule has 0 unspecified atom stereocenters. The molecule has 0 radical (unpaired) electrons. The third kappa shape index (κ3) is 7.24. The smallest absolute Gasteiger partial charge is 0.244 e. The molecular weight excluding hydrogens is 424 g/mol. The molecule has 2 rings (SSSR count). The molecular formula is C20H32N4O4S2. The van der Waals surface area contributed by atoms with Crippen molar-refractivity contribution in [3.8, 4) is 0 Å². The number of pyridine rings is 1. The number of carbonyl (C=O) groups excluding carboxylic acids is 2. The SMILES string of the molecule is CCN(CC(=O)NC(C)C)C(=O)CSc1ccc(S(=O)(=O)N2CCCCCC2)cn1. The monoisotopic (exact) mass is 456 g/mol. The van der Waals surface area contributed by atoms with Gasteiger partial charge in [-0.05, 0) is 45.7 Å². The molecule has 1 saturated heterocycles. The van der Waals surface area contributed by atoms with Crippen LogP contribution in [0.4, 0.5) is 0 Å². The molecule has 30 heavy (non-hydrogen) atoms. The Hall–Kier alpha value is -1.65. The lowest BCUT2D eigenvalue weighted by Crippen LogP contribution is -2.43. The molecule has 1 aliphatic heterocycles. The lowest BCUT2D eigenvalue weighted by atomic mass is 10.2. The lowest BCUT2D eigenvalue weighted by Gasteiger charge is -2.21. The standard InChI is InChI=1S/C20H32N4O4S2/c1-4-23(14-18(25)22-16(2)3)20(26)15-29-19-10-9-17(13-21-19)30(27,28)24-11-7-5-6-8-12-24/h9-10,13,16H,4-8,11-12,14-15H2,1-3H3,(H,22,25). The van der Waals surface area contributed by atoms with E-state index >= 15 is 0 Å². The van der Waals surface area contributed by atoms with Crippen molar-refractivity contribution < 1.29 is 18.0 Å². The highest BCUT2D eigenvalue weighted by Gasteiger charge is 2.25. The van der Waals surface area contributed by atoms with Crippen LogP contribution in [0, 0.1) is 0 Å². The molecule has 0 aromatic carbocycles. The van der Waals surface area contributed by atoms with Gasteiger partial charge in [0, 0.05) is 31.9 Å². The average Bonchev–Trinajstić information content (AvgIpc) is 3.00. The zero-order chi connectivity index (χ0) is 22.1. The highest BCUT2D eigenvalue weighted by Crippen LogP contribution is 2.22. The number of carbonyl (C=O) groups is 2. The van der Waals surface area contributed by atoms with E-state index in [-0.39, 0.29) is 35.0 Å². The minimum Gasteiger partial charge on any atom is -0.352 e. The van der Waals surface area contributed by atoms with Gasteiger partial charge < -0.3 is 10.2 Å². The predicted octanol–water partition coefficient (Wildman–Crippen LogP) is 2.11. The van der Waals surface area contributed by atoms with E-state index in [0.717, 1.165) is 25.7 Å². The molecule has 0 bridgehead atoms. The van der Waals surface area contributed by atoms with Crippen molar-refractivity contribution in [2.75, 3.05) is 31.9 Å². The second kappa shape index (κ2) is 11.7. The number of nitrogens with zero attached hydrogens (tertiary/aromatic N) is 3. The first-order valence-electron chi connectivity index (χ1n) is 10.4. The Morgan fingerprint density at radius 2 is 1.87 bits per heavy atom. The summed E-state index contributed by atoms with van der Waals surface area (Å²) in [4.78, 5) is 30.2. The Balaban J connectivity index is 1.93. The van der Waals surface area contributed by atoms with E-state index in [4.69, 9.17) is 0 Å². The number of likely N-dealkylation sites (N-methyl/N-ethyl adjacent to an activating group) is 1. The van der Waals surface area contributed by atoms with Crippen LogP contribution in [0.3, 0.4) is 0 Å². The number of thioether (sulfide) groups is 1. The summed E-state index contributed by atoms with van der Waals surface area (Å²) in [6, 6.07) is 3.20. The maximum Gasteiger partial charge on any atom is 0.244 e. The molecule has 2 heterocycles. The zero-order valence-electron chi connectivity index (χ0n) is 18.0. The molecule has 1 aromatic heterocycles. The summed E-state index contributed by atoms with van der Waals surface area (Å²) in [5.41, 5.74) is 0. The molecule has 10 heteroatoms. The summed E-state index contributed by atoms with van der Waals surface area (Å²) in [6.45, 7) is 7.11. The van der Waals surface area contributed by atoms with Gasteiger partial charge in [-0.3, -0.25) is 9.59 Å². The van der Waals surface area contributed by atoms with Crippen molar-refractivity contribution in [1.82, 2.24) is 19.5 Å². The Labute approximate surface area is 183 Å². The fourth-order valence-electron chi connectivity index (χ4n) is 3.18. The van der Waals surface area contributed by atoms with E-state index in [9.17, 15) is 18.0 Å². The van der Waals surface area contributed by atoms with Gasteiger partial charge >= 0.3 is 0 Å². The van der Waals surface area contributed by atoms with Gasteiger partial charge in [0.25, 0.3) is 0 Å². The van der Waals surface area contributed by atoms with Gasteiger partial charge in [0.05, 0.1) is 17.3 Å². The summed E-state index contributed by atoms with van der Waals surface area (Å²) in [6.07, 6.45) is 5.24. The summed E-state index contributed by atoms with van der Waals surface area (Å²) < 4.78 is 27.1. The largest absolute Gasteiger partial charge is 0.352 e. The van der Waals surface area contributed by atoms with Gasteiger partial charge in [0.15, 0.2) is 0 Å². The van der Waals surface area contributed by atoms with Gasteiger partial charge in [-0.25, -0.2) is 13.4 Å². The summed E-state index contributed by atoms with van der Waals surface area (Å²) in [5.74, 6) is -0.218. The highest BCUT2D eigenvalue weighted by atomic mass is 32.2. The average molecular weight is 457 g/mol. The Bertz CT molecular complexity index is 805. The van der Waals surface area contributed by atoms with Crippen molar-refractivity contribution >= 4 is 33.6 Å². The highest BCUT2D eigenvalue weighted by molar-refractivity contribution is 7.99. The van der Waals surface area contributed by atoms with Gasteiger partial charge in [-0.2, -0.15) is 4.31 Å². The summed E-state index contributed by atoms with van der Waals surface area (Å²) in [5, 5.41) is 3.34. The van der Waals surface area contributed by atoms with E-state index in [1.807, 2.05) is 20.8 Å². The van der Waals surface area contributed by atoms with E-state index < -0.39 is 10.0 Å². The van der Waals surface area contributed by atoms with Crippen molar-refractivity contribution in [1.29, 1.82) is 0 Å². The van der Waals surface area contributed by atoms with Gasteiger partial charge in [-0.1, -0.05) is 24.6 Å². The topological polar surface area (TPSA) is 99.7 Å². The second-order valence-corrected chi connectivity index (χ2v) is 10.5. The lowest BCUT2D eigenvalue weighted by molar-refractivity contribution is -0.134. The molecule has 0 saturated carbocycles. The molecule has 168 valence electrons. The Kier molecular flexibility index (Phi) is 9.57. The normalized spacial score (nSPS) is 15.6. The van der Waals surface area contributed by atoms with Crippen LogP contribution in [0.5, 0.6) is 0 Å². The number of hydrogen-bond donors (Lipinski definition) is 1. The van der Waals surface area contributed by atoms with Gasteiger partial charge in [0.1, 0.15) is 4.90 Å². The number of rotatable bonds is 9. The Morgan fingerprint density at radius 3 is 2.40 bits per heavy atom. The Morgan fingerprint density at radius 1 is 1.20 bits per heavy atom. The first kappa shape index (κ1) is 24.6.